The lowest BCUT2D eigenvalue weighted by atomic mass is 10.1. The molecule has 0 saturated heterocycles. The minimum Gasteiger partial charge on any atom is -0.388 e. The standard InChI is InChI=1S/C11H11FN2O/c12-9-4-2-1-3-8(9)10(15)7-11-13-5-6-14-11/h1-6,10,15H,7H2,(H,13,14). The van der Waals surface area contributed by atoms with Crippen LogP contribution in [0.3, 0.4) is 0 Å². The topological polar surface area (TPSA) is 48.9 Å². The van der Waals surface area contributed by atoms with Gasteiger partial charge in [-0.25, -0.2) is 9.37 Å². The Kier molecular flexibility index (Phi) is 2.78. The molecular formula is C11H11FN2O. The van der Waals surface area contributed by atoms with Crippen LogP contribution in [-0.2, 0) is 6.42 Å². The van der Waals surface area contributed by atoms with Crippen molar-refractivity contribution in [2.24, 2.45) is 0 Å². The number of benzene rings is 1. The fourth-order valence-electron chi connectivity index (χ4n) is 1.45. The van der Waals surface area contributed by atoms with Gasteiger partial charge in [-0.2, -0.15) is 0 Å². The minimum absolute atomic E-state index is 0.286. The number of hydrogen-bond acceptors (Lipinski definition) is 2. The van der Waals surface area contributed by atoms with Crippen LogP contribution in [0.5, 0.6) is 0 Å². The molecule has 1 aromatic carbocycles. The lowest BCUT2D eigenvalue weighted by molar-refractivity contribution is 0.171. The Morgan fingerprint density at radius 3 is 2.87 bits per heavy atom. The summed E-state index contributed by atoms with van der Waals surface area (Å²) in [7, 11) is 0. The van der Waals surface area contributed by atoms with Gasteiger partial charge in [-0.15, -0.1) is 0 Å². The zero-order valence-electron chi connectivity index (χ0n) is 8.02. The second-order valence-corrected chi connectivity index (χ2v) is 3.28. The van der Waals surface area contributed by atoms with Crippen molar-refractivity contribution in [2.45, 2.75) is 12.5 Å². The number of rotatable bonds is 3. The van der Waals surface area contributed by atoms with Crippen molar-refractivity contribution in [1.82, 2.24) is 9.97 Å². The van der Waals surface area contributed by atoms with E-state index in [0.717, 1.165) is 0 Å². The van der Waals surface area contributed by atoms with E-state index in [1.807, 2.05) is 0 Å². The molecule has 4 heteroatoms. The summed E-state index contributed by atoms with van der Waals surface area (Å²) in [4.78, 5) is 6.84. The van der Waals surface area contributed by atoms with E-state index in [-0.39, 0.29) is 6.42 Å². The second kappa shape index (κ2) is 4.23. The molecule has 2 rings (SSSR count). The first-order valence-electron chi connectivity index (χ1n) is 4.68. The van der Waals surface area contributed by atoms with Gasteiger partial charge in [0.15, 0.2) is 0 Å². The lowest BCUT2D eigenvalue weighted by Crippen LogP contribution is -2.05. The third-order valence-corrected chi connectivity index (χ3v) is 2.21. The number of aliphatic hydroxyl groups excluding tert-OH is 1. The Labute approximate surface area is 86.6 Å². The number of halogens is 1. The zero-order valence-corrected chi connectivity index (χ0v) is 8.02. The number of hydrogen-bond donors (Lipinski definition) is 2. The molecule has 0 aliphatic heterocycles. The molecule has 2 aromatic rings. The summed E-state index contributed by atoms with van der Waals surface area (Å²) < 4.78 is 13.3. The molecule has 1 aromatic heterocycles. The van der Waals surface area contributed by atoms with Crippen molar-refractivity contribution in [3.8, 4) is 0 Å². The number of nitrogens with zero attached hydrogens (tertiary/aromatic N) is 1. The SMILES string of the molecule is OC(Cc1ncc[nH]1)c1ccccc1F. The van der Waals surface area contributed by atoms with E-state index >= 15 is 0 Å². The van der Waals surface area contributed by atoms with Gasteiger partial charge in [0, 0.05) is 24.4 Å². The van der Waals surface area contributed by atoms with E-state index in [1.165, 1.54) is 6.07 Å². The highest BCUT2D eigenvalue weighted by Crippen LogP contribution is 2.19. The highest BCUT2D eigenvalue weighted by molar-refractivity contribution is 5.20. The molecule has 0 amide bonds. The average molecular weight is 206 g/mol. The highest BCUT2D eigenvalue weighted by Gasteiger charge is 2.13. The second-order valence-electron chi connectivity index (χ2n) is 3.28. The minimum atomic E-state index is -0.864. The Morgan fingerprint density at radius 2 is 2.20 bits per heavy atom. The third-order valence-electron chi connectivity index (χ3n) is 2.21. The van der Waals surface area contributed by atoms with Crippen LogP contribution in [0.4, 0.5) is 4.39 Å². The molecule has 1 unspecified atom stereocenters. The van der Waals surface area contributed by atoms with Gasteiger partial charge < -0.3 is 10.1 Å². The number of H-pyrrole nitrogens is 1. The zero-order chi connectivity index (χ0) is 10.7. The van der Waals surface area contributed by atoms with Gasteiger partial charge in [0.2, 0.25) is 0 Å². The molecule has 78 valence electrons. The maximum absolute atomic E-state index is 13.3. The van der Waals surface area contributed by atoms with Gasteiger partial charge in [-0.3, -0.25) is 0 Å². The molecule has 2 N–H and O–H groups in total. The summed E-state index contributed by atoms with van der Waals surface area (Å²) >= 11 is 0. The van der Waals surface area contributed by atoms with E-state index in [4.69, 9.17) is 0 Å². The predicted octanol–water partition coefficient (Wildman–Crippen LogP) is 1.82. The van der Waals surface area contributed by atoms with Crippen molar-refractivity contribution in [3.63, 3.8) is 0 Å². The van der Waals surface area contributed by atoms with Crippen LogP contribution in [0.1, 0.15) is 17.5 Å². The Balaban J connectivity index is 2.15. The number of aliphatic hydroxyl groups is 1. The van der Waals surface area contributed by atoms with Crippen LogP contribution in [-0.4, -0.2) is 15.1 Å². The molecule has 0 spiro atoms. The summed E-state index contributed by atoms with van der Waals surface area (Å²) in [6.07, 6.45) is 2.69. The average Bonchev–Trinajstić information content (AvgIpc) is 2.71. The monoisotopic (exact) mass is 206 g/mol. The Morgan fingerprint density at radius 1 is 1.40 bits per heavy atom. The molecular weight excluding hydrogens is 195 g/mol. The first-order valence-corrected chi connectivity index (χ1v) is 4.68. The fourth-order valence-corrected chi connectivity index (χ4v) is 1.45. The smallest absolute Gasteiger partial charge is 0.129 e. The van der Waals surface area contributed by atoms with Crippen molar-refractivity contribution < 1.29 is 9.50 Å². The van der Waals surface area contributed by atoms with Crippen molar-refractivity contribution in [2.75, 3.05) is 0 Å². The Hall–Kier alpha value is -1.68. The van der Waals surface area contributed by atoms with Crippen LogP contribution in [0.25, 0.3) is 0 Å². The number of aromatic amines is 1. The first kappa shape index (κ1) is 9.86. The number of aromatic nitrogens is 2. The van der Waals surface area contributed by atoms with E-state index in [9.17, 15) is 9.50 Å². The van der Waals surface area contributed by atoms with E-state index < -0.39 is 11.9 Å². The summed E-state index contributed by atoms with van der Waals surface area (Å²) in [5.41, 5.74) is 0.300. The van der Waals surface area contributed by atoms with Gasteiger partial charge in [-0.1, -0.05) is 18.2 Å². The first-order chi connectivity index (χ1) is 7.27. The molecule has 0 aliphatic rings. The summed E-state index contributed by atoms with van der Waals surface area (Å²) in [6, 6.07) is 6.20. The van der Waals surface area contributed by atoms with Crippen LogP contribution >= 0.6 is 0 Å². The van der Waals surface area contributed by atoms with Crippen LogP contribution in [0.15, 0.2) is 36.7 Å². The van der Waals surface area contributed by atoms with Gasteiger partial charge in [0.05, 0.1) is 6.10 Å². The summed E-state index contributed by atoms with van der Waals surface area (Å²) in [6.45, 7) is 0. The molecule has 0 fully saturated rings. The maximum Gasteiger partial charge on any atom is 0.129 e. The number of imidazole rings is 1. The van der Waals surface area contributed by atoms with E-state index in [1.54, 1.807) is 30.6 Å². The molecule has 0 bridgehead atoms. The highest BCUT2D eigenvalue weighted by atomic mass is 19.1. The predicted molar refractivity (Wildman–Crippen MR) is 53.7 cm³/mol. The van der Waals surface area contributed by atoms with Crippen molar-refractivity contribution in [1.29, 1.82) is 0 Å². The molecule has 3 nitrogen and oxygen atoms in total. The summed E-state index contributed by atoms with van der Waals surface area (Å²) in [5, 5.41) is 9.77. The van der Waals surface area contributed by atoms with Crippen LogP contribution in [0.2, 0.25) is 0 Å². The van der Waals surface area contributed by atoms with Gasteiger partial charge >= 0.3 is 0 Å². The van der Waals surface area contributed by atoms with Crippen LogP contribution < -0.4 is 0 Å². The number of nitrogens with one attached hydrogen (secondary N) is 1. The van der Waals surface area contributed by atoms with Gasteiger partial charge in [-0.05, 0) is 6.07 Å². The molecule has 1 heterocycles. The van der Waals surface area contributed by atoms with Crippen molar-refractivity contribution in [3.05, 3.63) is 53.9 Å². The molecule has 15 heavy (non-hydrogen) atoms. The molecule has 0 saturated carbocycles. The summed E-state index contributed by atoms with van der Waals surface area (Å²) in [5.74, 6) is 0.252. The van der Waals surface area contributed by atoms with E-state index in [0.29, 0.717) is 11.4 Å². The normalized spacial score (nSPS) is 12.7. The lowest BCUT2D eigenvalue weighted by Gasteiger charge is -2.09. The fraction of sp³-hybridized carbons (Fsp3) is 0.182. The maximum atomic E-state index is 13.3. The van der Waals surface area contributed by atoms with Gasteiger partial charge in [0.25, 0.3) is 0 Å². The molecule has 0 radical (unpaired) electrons. The van der Waals surface area contributed by atoms with Gasteiger partial charge in [0.1, 0.15) is 11.6 Å². The van der Waals surface area contributed by atoms with E-state index in [2.05, 4.69) is 9.97 Å². The largest absolute Gasteiger partial charge is 0.388 e. The third kappa shape index (κ3) is 2.22. The van der Waals surface area contributed by atoms with Crippen LogP contribution in [0, 0.1) is 5.82 Å². The molecule has 0 aliphatic carbocycles. The van der Waals surface area contributed by atoms with Crippen molar-refractivity contribution >= 4 is 0 Å². The molecule has 1 atom stereocenters. The Bertz CT molecular complexity index is 428. The quantitative estimate of drug-likeness (QED) is 0.804.